The monoisotopic (exact) mass is 255 g/mol. The second-order valence-electron chi connectivity index (χ2n) is 6.03. The molecule has 104 valence electrons. The third-order valence-electron chi connectivity index (χ3n) is 3.20. The van der Waals surface area contributed by atoms with Gasteiger partial charge in [0.05, 0.1) is 0 Å². The Bertz CT molecular complexity index is 307. The van der Waals surface area contributed by atoms with Gasteiger partial charge in [-0.25, -0.2) is 4.79 Å². The maximum absolute atomic E-state index is 11.7. The van der Waals surface area contributed by atoms with E-state index in [1.54, 1.807) is 0 Å². The molecule has 4 nitrogen and oxygen atoms in total. The molecule has 0 bridgehead atoms. The number of nitrogens with one attached hydrogen (secondary N) is 1. The van der Waals surface area contributed by atoms with Crippen molar-refractivity contribution in [3.63, 3.8) is 0 Å². The SMILES string of the molecule is CCC(=O)C1CCC[C@@H](NC(=O)OC(C)(C)C)C1. The van der Waals surface area contributed by atoms with E-state index in [1.165, 1.54) is 0 Å². The molecule has 1 saturated carbocycles. The molecule has 4 heteroatoms. The highest BCUT2D eigenvalue weighted by molar-refractivity contribution is 5.80. The van der Waals surface area contributed by atoms with Crippen molar-refractivity contribution in [3.05, 3.63) is 0 Å². The van der Waals surface area contributed by atoms with Gasteiger partial charge in [-0.2, -0.15) is 0 Å². The lowest BCUT2D eigenvalue weighted by Gasteiger charge is -2.29. The molecule has 2 atom stereocenters. The lowest BCUT2D eigenvalue weighted by molar-refractivity contribution is -0.123. The van der Waals surface area contributed by atoms with Crippen LogP contribution in [0.5, 0.6) is 0 Å². The molecule has 1 fully saturated rings. The van der Waals surface area contributed by atoms with Gasteiger partial charge in [-0.1, -0.05) is 13.3 Å². The molecule has 1 aliphatic rings. The zero-order valence-electron chi connectivity index (χ0n) is 11.9. The normalized spacial score (nSPS) is 24.4. The van der Waals surface area contributed by atoms with Crippen LogP contribution < -0.4 is 5.32 Å². The van der Waals surface area contributed by atoms with Crippen molar-refractivity contribution in [2.45, 2.75) is 71.4 Å². The van der Waals surface area contributed by atoms with E-state index >= 15 is 0 Å². The topological polar surface area (TPSA) is 55.4 Å². The molecule has 18 heavy (non-hydrogen) atoms. The fraction of sp³-hybridized carbons (Fsp3) is 0.857. The fourth-order valence-corrected chi connectivity index (χ4v) is 2.38. The summed E-state index contributed by atoms with van der Waals surface area (Å²) < 4.78 is 5.23. The van der Waals surface area contributed by atoms with E-state index in [2.05, 4.69) is 5.32 Å². The minimum Gasteiger partial charge on any atom is -0.444 e. The van der Waals surface area contributed by atoms with Crippen molar-refractivity contribution in [1.82, 2.24) is 5.32 Å². The van der Waals surface area contributed by atoms with Crippen LogP contribution in [-0.2, 0) is 9.53 Å². The average molecular weight is 255 g/mol. The van der Waals surface area contributed by atoms with Gasteiger partial charge in [0.1, 0.15) is 11.4 Å². The molecule has 1 rings (SSSR count). The number of Topliss-reactive ketones (excluding diaryl/α,β-unsaturated/α-hetero) is 1. The Morgan fingerprint density at radius 2 is 1.94 bits per heavy atom. The van der Waals surface area contributed by atoms with Crippen LogP contribution in [0.15, 0.2) is 0 Å². The summed E-state index contributed by atoms with van der Waals surface area (Å²) in [5.41, 5.74) is -0.475. The standard InChI is InChI=1S/C14H25NO3/c1-5-12(16)10-7-6-8-11(9-10)15-13(17)18-14(2,3)4/h10-11H,5-9H2,1-4H3,(H,15,17)/t10?,11-/m1/s1. The van der Waals surface area contributed by atoms with Gasteiger partial charge >= 0.3 is 6.09 Å². The van der Waals surface area contributed by atoms with Gasteiger partial charge in [0, 0.05) is 18.4 Å². The third-order valence-corrected chi connectivity index (χ3v) is 3.20. The Hall–Kier alpha value is -1.06. The van der Waals surface area contributed by atoms with Crippen LogP contribution in [0, 0.1) is 5.92 Å². The van der Waals surface area contributed by atoms with Crippen molar-refractivity contribution >= 4 is 11.9 Å². The summed E-state index contributed by atoms with van der Waals surface area (Å²) in [6.45, 7) is 7.43. The number of hydrogen-bond donors (Lipinski definition) is 1. The molecule has 1 amide bonds. The first kappa shape index (κ1) is 15.0. The summed E-state index contributed by atoms with van der Waals surface area (Å²) in [7, 11) is 0. The first-order valence-corrected chi connectivity index (χ1v) is 6.84. The van der Waals surface area contributed by atoms with Gasteiger partial charge in [-0.15, -0.1) is 0 Å². The highest BCUT2D eigenvalue weighted by atomic mass is 16.6. The van der Waals surface area contributed by atoms with Crippen LogP contribution in [0.2, 0.25) is 0 Å². The summed E-state index contributed by atoms with van der Waals surface area (Å²) in [6, 6.07) is 0.0779. The zero-order valence-corrected chi connectivity index (χ0v) is 11.9. The van der Waals surface area contributed by atoms with Crippen LogP contribution in [0.1, 0.15) is 59.8 Å². The Balaban J connectivity index is 2.43. The van der Waals surface area contributed by atoms with Gasteiger partial charge in [0.15, 0.2) is 0 Å². The van der Waals surface area contributed by atoms with E-state index in [0.717, 1.165) is 25.7 Å². The summed E-state index contributed by atoms with van der Waals surface area (Å²) >= 11 is 0. The summed E-state index contributed by atoms with van der Waals surface area (Å²) in [4.78, 5) is 23.3. The molecular formula is C14H25NO3. The zero-order chi connectivity index (χ0) is 13.8. The fourth-order valence-electron chi connectivity index (χ4n) is 2.38. The second kappa shape index (κ2) is 6.21. The molecule has 0 spiro atoms. The quantitative estimate of drug-likeness (QED) is 0.843. The largest absolute Gasteiger partial charge is 0.444 e. The minimum absolute atomic E-state index is 0.0779. The number of hydrogen-bond acceptors (Lipinski definition) is 3. The van der Waals surface area contributed by atoms with Crippen molar-refractivity contribution in [2.24, 2.45) is 5.92 Å². The number of ether oxygens (including phenoxy) is 1. The van der Waals surface area contributed by atoms with E-state index in [4.69, 9.17) is 4.74 Å². The number of amides is 1. The highest BCUT2D eigenvalue weighted by Gasteiger charge is 2.28. The maximum Gasteiger partial charge on any atom is 0.407 e. The van der Waals surface area contributed by atoms with E-state index in [1.807, 2.05) is 27.7 Å². The van der Waals surface area contributed by atoms with Crippen LogP contribution in [0.4, 0.5) is 4.79 Å². The molecule has 0 aliphatic heterocycles. The molecule has 0 aromatic rings. The van der Waals surface area contributed by atoms with E-state index < -0.39 is 5.60 Å². The predicted molar refractivity (Wildman–Crippen MR) is 70.4 cm³/mol. The molecule has 0 heterocycles. The number of carbonyl (C=O) groups is 2. The number of alkyl carbamates (subject to hydrolysis) is 1. The summed E-state index contributed by atoms with van der Waals surface area (Å²) in [5, 5.41) is 2.87. The van der Waals surface area contributed by atoms with Crippen LogP contribution >= 0.6 is 0 Å². The lowest BCUT2D eigenvalue weighted by Crippen LogP contribution is -2.42. The van der Waals surface area contributed by atoms with Crippen molar-refractivity contribution in [2.75, 3.05) is 0 Å². The molecule has 1 N–H and O–H groups in total. The summed E-state index contributed by atoms with van der Waals surface area (Å²) in [6.07, 6.45) is 3.86. The smallest absolute Gasteiger partial charge is 0.407 e. The lowest BCUT2D eigenvalue weighted by atomic mass is 9.82. The third kappa shape index (κ3) is 5.07. The van der Waals surface area contributed by atoms with Crippen molar-refractivity contribution in [1.29, 1.82) is 0 Å². The van der Waals surface area contributed by atoms with Gasteiger partial charge in [-0.3, -0.25) is 4.79 Å². The molecule has 1 unspecified atom stereocenters. The van der Waals surface area contributed by atoms with Crippen molar-refractivity contribution < 1.29 is 14.3 Å². The number of rotatable bonds is 3. The Morgan fingerprint density at radius 3 is 2.50 bits per heavy atom. The molecule has 0 aromatic heterocycles. The van der Waals surface area contributed by atoms with E-state index in [0.29, 0.717) is 12.2 Å². The Kier molecular flexibility index (Phi) is 5.17. The molecule has 0 aromatic carbocycles. The minimum atomic E-state index is -0.475. The first-order chi connectivity index (χ1) is 8.31. The maximum atomic E-state index is 11.7. The predicted octanol–water partition coefficient (Wildman–Crippen LogP) is 3.05. The molecule has 0 radical (unpaired) electrons. The second-order valence-corrected chi connectivity index (χ2v) is 6.03. The summed E-state index contributed by atoms with van der Waals surface area (Å²) in [5.74, 6) is 0.425. The van der Waals surface area contributed by atoms with Gasteiger partial charge < -0.3 is 10.1 Å². The number of carbonyl (C=O) groups excluding carboxylic acids is 2. The van der Waals surface area contributed by atoms with Gasteiger partial charge in [0.25, 0.3) is 0 Å². The Morgan fingerprint density at radius 1 is 1.28 bits per heavy atom. The van der Waals surface area contributed by atoms with Crippen LogP contribution in [-0.4, -0.2) is 23.5 Å². The van der Waals surface area contributed by atoms with E-state index in [9.17, 15) is 9.59 Å². The van der Waals surface area contributed by atoms with Gasteiger partial charge in [-0.05, 0) is 40.0 Å². The van der Waals surface area contributed by atoms with Crippen molar-refractivity contribution in [3.8, 4) is 0 Å². The van der Waals surface area contributed by atoms with Gasteiger partial charge in [0.2, 0.25) is 0 Å². The highest BCUT2D eigenvalue weighted by Crippen LogP contribution is 2.26. The molecule has 0 saturated heterocycles. The average Bonchev–Trinajstić information content (AvgIpc) is 2.25. The number of ketones is 1. The molecular weight excluding hydrogens is 230 g/mol. The Labute approximate surface area is 109 Å². The molecule has 1 aliphatic carbocycles. The van der Waals surface area contributed by atoms with Crippen LogP contribution in [0.25, 0.3) is 0 Å². The van der Waals surface area contributed by atoms with Crippen LogP contribution in [0.3, 0.4) is 0 Å². The van der Waals surface area contributed by atoms with E-state index in [-0.39, 0.29) is 18.1 Å². The first-order valence-electron chi connectivity index (χ1n) is 6.84.